The molecule has 0 spiro atoms. The molecule has 0 unspecified atom stereocenters. The Kier molecular flexibility index (Phi) is 4.83. The molecule has 0 amide bonds. The maximum absolute atomic E-state index is 5.93. The first-order valence-electron chi connectivity index (χ1n) is 6.18. The van der Waals surface area contributed by atoms with Crippen molar-refractivity contribution in [3.63, 3.8) is 0 Å². The molecule has 0 aliphatic carbocycles. The smallest absolute Gasteiger partial charge is 0.140 e. The van der Waals surface area contributed by atoms with Crippen molar-refractivity contribution in [3.8, 4) is 0 Å². The highest BCUT2D eigenvalue weighted by Crippen LogP contribution is 2.19. The number of hydrogen-bond acceptors (Lipinski definition) is 3. The summed E-state index contributed by atoms with van der Waals surface area (Å²) in [5.41, 5.74) is 4.89. The van der Waals surface area contributed by atoms with E-state index in [1.807, 2.05) is 18.7 Å². The zero-order chi connectivity index (χ0) is 13.8. The van der Waals surface area contributed by atoms with E-state index in [9.17, 15) is 0 Å². The summed E-state index contributed by atoms with van der Waals surface area (Å²) in [6, 6.07) is 8.42. The van der Waals surface area contributed by atoms with E-state index in [-0.39, 0.29) is 0 Å². The molecular weight excluding hydrogens is 276 g/mol. The highest BCUT2D eigenvalue weighted by atomic mass is 35.5. The maximum Gasteiger partial charge on any atom is 0.140 e. The van der Waals surface area contributed by atoms with Crippen LogP contribution in [0.2, 0.25) is 5.15 Å². The van der Waals surface area contributed by atoms with Crippen molar-refractivity contribution in [2.24, 2.45) is 0 Å². The molecule has 1 aromatic carbocycles. The zero-order valence-electron chi connectivity index (χ0n) is 11.4. The predicted octanol–water partition coefficient (Wildman–Crippen LogP) is 4.49. The van der Waals surface area contributed by atoms with Crippen LogP contribution in [0, 0.1) is 20.8 Å². The van der Waals surface area contributed by atoms with Gasteiger partial charge in [-0.3, -0.25) is 0 Å². The molecule has 0 radical (unpaired) electrons. The molecule has 0 fully saturated rings. The van der Waals surface area contributed by atoms with E-state index in [0.717, 1.165) is 23.0 Å². The average molecular weight is 293 g/mol. The first-order chi connectivity index (χ1) is 9.02. The fourth-order valence-electron chi connectivity index (χ4n) is 2.07. The van der Waals surface area contributed by atoms with Gasteiger partial charge in [0.05, 0.1) is 5.75 Å². The number of rotatable bonds is 4. The van der Waals surface area contributed by atoms with Crippen LogP contribution in [-0.2, 0) is 11.5 Å². The summed E-state index contributed by atoms with van der Waals surface area (Å²) < 4.78 is 0. The Bertz CT molecular complexity index is 492. The van der Waals surface area contributed by atoms with Crippen molar-refractivity contribution >= 4 is 23.4 Å². The van der Waals surface area contributed by atoms with Crippen LogP contribution >= 0.6 is 23.4 Å². The minimum absolute atomic E-state index is 0.523. The minimum Gasteiger partial charge on any atom is -0.237 e. The van der Waals surface area contributed by atoms with Crippen LogP contribution in [0.3, 0.4) is 0 Å². The Labute approximate surface area is 123 Å². The number of benzene rings is 1. The van der Waals surface area contributed by atoms with Crippen molar-refractivity contribution in [2.75, 3.05) is 0 Å². The van der Waals surface area contributed by atoms with Gasteiger partial charge in [0.25, 0.3) is 0 Å². The molecule has 1 aromatic heterocycles. The first-order valence-corrected chi connectivity index (χ1v) is 7.71. The van der Waals surface area contributed by atoms with Gasteiger partial charge in [0.2, 0.25) is 0 Å². The van der Waals surface area contributed by atoms with Crippen molar-refractivity contribution in [2.45, 2.75) is 32.3 Å². The number of nitrogens with zero attached hydrogens (tertiary/aromatic N) is 2. The Hall–Kier alpha value is -1.06. The predicted molar refractivity (Wildman–Crippen MR) is 82.7 cm³/mol. The normalized spacial score (nSPS) is 10.7. The van der Waals surface area contributed by atoms with Crippen molar-refractivity contribution < 1.29 is 0 Å². The van der Waals surface area contributed by atoms with Crippen LogP contribution in [0.1, 0.15) is 28.2 Å². The van der Waals surface area contributed by atoms with E-state index in [1.54, 1.807) is 6.07 Å². The summed E-state index contributed by atoms with van der Waals surface area (Å²) in [6.45, 7) is 6.20. The van der Waals surface area contributed by atoms with Crippen LogP contribution in [0.5, 0.6) is 0 Å². The minimum atomic E-state index is 0.523. The first kappa shape index (κ1) is 14.4. The van der Waals surface area contributed by atoms with Gasteiger partial charge in [-0.1, -0.05) is 40.9 Å². The number of aryl methyl sites for hydroxylation is 3. The van der Waals surface area contributed by atoms with Gasteiger partial charge in [-0.05, 0) is 32.4 Å². The number of hydrogen-bond donors (Lipinski definition) is 0. The summed E-state index contributed by atoms with van der Waals surface area (Å²) in [5, 5.41) is 0.523. The Morgan fingerprint density at radius 1 is 0.947 bits per heavy atom. The van der Waals surface area contributed by atoms with Crippen molar-refractivity contribution in [3.05, 3.63) is 57.6 Å². The molecule has 2 rings (SSSR count). The fraction of sp³-hybridized carbons (Fsp3) is 0.333. The molecule has 0 aliphatic heterocycles. The van der Waals surface area contributed by atoms with Crippen LogP contribution < -0.4 is 0 Å². The molecule has 2 aromatic rings. The van der Waals surface area contributed by atoms with Crippen molar-refractivity contribution in [1.82, 2.24) is 9.97 Å². The van der Waals surface area contributed by atoms with E-state index >= 15 is 0 Å². The van der Waals surface area contributed by atoms with E-state index in [4.69, 9.17) is 11.6 Å². The standard InChI is InChI=1S/C15H17ClN2S/c1-10-4-11(2)6-13(5-10)8-19-9-15-17-12(3)7-14(16)18-15/h4-7H,8-9H2,1-3H3. The van der Waals surface area contributed by atoms with E-state index in [0.29, 0.717) is 5.15 Å². The van der Waals surface area contributed by atoms with Gasteiger partial charge in [-0.25, -0.2) is 9.97 Å². The third kappa shape index (κ3) is 4.51. The van der Waals surface area contributed by atoms with Crippen LogP contribution in [-0.4, -0.2) is 9.97 Å². The Morgan fingerprint density at radius 3 is 2.26 bits per heavy atom. The molecule has 0 saturated heterocycles. The van der Waals surface area contributed by atoms with Crippen LogP contribution in [0.4, 0.5) is 0 Å². The molecule has 2 nitrogen and oxygen atoms in total. The number of thioether (sulfide) groups is 1. The molecule has 4 heteroatoms. The highest BCUT2D eigenvalue weighted by molar-refractivity contribution is 7.97. The van der Waals surface area contributed by atoms with E-state index in [2.05, 4.69) is 42.0 Å². The largest absolute Gasteiger partial charge is 0.237 e. The lowest BCUT2D eigenvalue weighted by atomic mass is 10.1. The lowest BCUT2D eigenvalue weighted by Gasteiger charge is -2.05. The molecule has 0 bridgehead atoms. The quantitative estimate of drug-likeness (QED) is 0.777. The molecule has 100 valence electrons. The fourth-order valence-corrected chi connectivity index (χ4v) is 3.14. The van der Waals surface area contributed by atoms with E-state index in [1.165, 1.54) is 16.7 Å². The van der Waals surface area contributed by atoms with Gasteiger partial charge in [-0.15, -0.1) is 11.8 Å². The average Bonchev–Trinajstić information content (AvgIpc) is 2.26. The van der Waals surface area contributed by atoms with Gasteiger partial charge >= 0.3 is 0 Å². The number of aromatic nitrogens is 2. The Morgan fingerprint density at radius 2 is 1.63 bits per heavy atom. The second-order valence-electron chi connectivity index (χ2n) is 4.74. The van der Waals surface area contributed by atoms with Crippen LogP contribution in [0.15, 0.2) is 24.3 Å². The van der Waals surface area contributed by atoms with Gasteiger partial charge in [0.15, 0.2) is 0 Å². The third-order valence-electron chi connectivity index (χ3n) is 2.65. The SMILES string of the molecule is Cc1cc(C)cc(CSCc2nc(C)cc(Cl)n2)c1. The second-order valence-corrected chi connectivity index (χ2v) is 6.11. The third-order valence-corrected chi connectivity index (χ3v) is 3.84. The maximum atomic E-state index is 5.93. The zero-order valence-corrected chi connectivity index (χ0v) is 13.0. The van der Waals surface area contributed by atoms with Crippen LogP contribution in [0.25, 0.3) is 0 Å². The molecule has 0 saturated carbocycles. The lowest BCUT2D eigenvalue weighted by molar-refractivity contribution is 0.995. The van der Waals surface area contributed by atoms with Gasteiger partial charge in [0.1, 0.15) is 11.0 Å². The summed E-state index contributed by atoms with van der Waals surface area (Å²) in [5.74, 6) is 2.56. The lowest BCUT2D eigenvalue weighted by Crippen LogP contribution is -1.95. The van der Waals surface area contributed by atoms with Gasteiger partial charge in [0, 0.05) is 11.4 Å². The molecule has 0 atom stereocenters. The molecule has 0 N–H and O–H groups in total. The Balaban J connectivity index is 1.96. The number of halogens is 1. The summed E-state index contributed by atoms with van der Waals surface area (Å²) in [6.07, 6.45) is 0. The van der Waals surface area contributed by atoms with E-state index < -0.39 is 0 Å². The molecule has 19 heavy (non-hydrogen) atoms. The second kappa shape index (κ2) is 6.40. The highest BCUT2D eigenvalue weighted by Gasteiger charge is 2.02. The summed E-state index contributed by atoms with van der Waals surface area (Å²) >= 11 is 7.74. The summed E-state index contributed by atoms with van der Waals surface area (Å²) in [7, 11) is 0. The van der Waals surface area contributed by atoms with Gasteiger partial charge < -0.3 is 0 Å². The molecular formula is C15H17ClN2S. The topological polar surface area (TPSA) is 25.8 Å². The monoisotopic (exact) mass is 292 g/mol. The molecule has 1 heterocycles. The van der Waals surface area contributed by atoms with Gasteiger partial charge in [-0.2, -0.15) is 0 Å². The summed E-state index contributed by atoms with van der Waals surface area (Å²) in [4.78, 5) is 8.62. The van der Waals surface area contributed by atoms with Crippen molar-refractivity contribution in [1.29, 1.82) is 0 Å². The molecule has 0 aliphatic rings.